The Balaban J connectivity index is 3.08. The molecule has 19 heavy (non-hydrogen) atoms. The topological polar surface area (TPSA) is 75.2 Å². The molecule has 0 amide bonds. The van der Waals surface area contributed by atoms with Crippen LogP contribution < -0.4 is 4.74 Å². The second-order valence-electron chi connectivity index (χ2n) is 4.40. The molecule has 0 unspecified atom stereocenters. The summed E-state index contributed by atoms with van der Waals surface area (Å²) in [5, 5.41) is 17.9. The van der Waals surface area contributed by atoms with E-state index in [1.807, 2.05) is 6.07 Å². The van der Waals surface area contributed by atoms with E-state index in [1.54, 1.807) is 13.8 Å². The van der Waals surface area contributed by atoms with Crippen molar-refractivity contribution in [1.29, 1.82) is 5.26 Å². The number of hydrogen-bond acceptors (Lipinski definition) is 4. The van der Waals surface area contributed by atoms with Crippen molar-refractivity contribution in [3.63, 3.8) is 0 Å². The summed E-state index contributed by atoms with van der Waals surface area (Å²) < 4.78 is 8.25. The fourth-order valence-corrected chi connectivity index (χ4v) is 3.25. The summed E-state index contributed by atoms with van der Waals surface area (Å²) in [5.74, 6) is -0.255. The molecule has 0 saturated heterocycles. The van der Waals surface area contributed by atoms with Gasteiger partial charge >= 0.3 is 5.97 Å². The first-order valence-corrected chi connectivity index (χ1v) is 7.57. The normalized spacial score (nSPS) is 11.2. The summed E-state index contributed by atoms with van der Waals surface area (Å²) in [6.07, 6.45) is 0.0585. The van der Waals surface area contributed by atoms with Crippen LogP contribution in [-0.4, -0.2) is 15.6 Å². The Labute approximate surface area is 135 Å². The van der Waals surface area contributed by atoms with Crippen LogP contribution in [0.25, 0.3) is 0 Å². The van der Waals surface area contributed by atoms with Crippen LogP contribution >= 0.6 is 47.8 Å². The van der Waals surface area contributed by atoms with Crippen LogP contribution in [0.15, 0.2) is 13.7 Å². The standard InChI is InChI=1S/C11H11Br3N2O3/c1-11(2,3-4-15)10(18)19-7-6(12)8(13)16(5-17)9(7)14/h17H,3,5H2,1-2H3. The number of aromatic nitrogens is 1. The number of aliphatic hydroxyl groups is 1. The summed E-state index contributed by atoms with van der Waals surface area (Å²) in [6.45, 7) is 3.00. The van der Waals surface area contributed by atoms with Crippen molar-refractivity contribution in [1.82, 2.24) is 4.57 Å². The highest BCUT2D eigenvalue weighted by Crippen LogP contribution is 2.42. The molecular formula is C11H11Br3N2O3. The molecule has 0 radical (unpaired) electrons. The van der Waals surface area contributed by atoms with Crippen molar-refractivity contribution in [2.75, 3.05) is 0 Å². The van der Waals surface area contributed by atoms with Crippen LogP contribution in [-0.2, 0) is 11.5 Å². The van der Waals surface area contributed by atoms with Crippen LogP contribution in [0.1, 0.15) is 20.3 Å². The van der Waals surface area contributed by atoms with Gasteiger partial charge in [0.2, 0.25) is 0 Å². The SMILES string of the molecule is CC(C)(CC#N)C(=O)Oc1c(Br)c(Br)n(CO)c1Br. The average molecular weight is 459 g/mol. The fourth-order valence-electron chi connectivity index (χ4n) is 1.22. The van der Waals surface area contributed by atoms with E-state index >= 15 is 0 Å². The summed E-state index contributed by atoms with van der Waals surface area (Å²) >= 11 is 9.79. The number of hydrogen-bond donors (Lipinski definition) is 1. The molecule has 1 rings (SSSR count). The number of ether oxygens (including phenoxy) is 1. The molecule has 5 nitrogen and oxygen atoms in total. The van der Waals surface area contributed by atoms with Crippen molar-refractivity contribution in [3.8, 4) is 11.8 Å². The maximum absolute atomic E-state index is 12.0. The molecule has 0 bridgehead atoms. The van der Waals surface area contributed by atoms with E-state index in [0.717, 1.165) is 0 Å². The van der Waals surface area contributed by atoms with Gasteiger partial charge in [0.15, 0.2) is 5.75 Å². The zero-order valence-electron chi connectivity index (χ0n) is 10.2. The molecule has 0 aliphatic rings. The number of aliphatic hydroxyl groups excluding tert-OH is 1. The summed E-state index contributed by atoms with van der Waals surface area (Å²) in [6, 6.07) is 1.95. The minimum absolute atomic E-state index is 0.0585. The van der Waals surface area contributed by atoms with Crippen molar-refractivity contribution in [2.24, 2.45) is 5.41 Å². The molecule has 0 aliphatic heterocycles. The highest BCUT2D eigenvalue weighted by Gasteiger charge is 2.32. The second-order valence-corrected chi connectivity index (χ2v) is 6.70. The zero-order valence-corrected chi connectivity index (χ0v) is 15.0. The van der Waals surface area contributed by atoms with Gasteiger partial charge in [0, 0.05) is 0 Å². The average Bonchev–Trinajstić information content (AvgIpc) is 2.53. The number of nitriles is 1. The zero-order chi connectivity index (χ0) is 14.8. The summed E-state index contributed by atoms with van der Waals surface area (Å²) in [5.41, 5.74) is -0.901. The van der Waals surface area contributed by atoms with Gasteiger partial charge in [0.05, 0.1) is 22.4 Å². The van der Waals surface area contributed by atoms with Gasteiger partial charge in [-0.3, -0.25) is 4.79 Å². The number of carbonyl (C=O) groups excluding carboxylic acids is 1. The smallest absolute Gasteiger partial charge is 0.318 e. The molecule has 0 aliphatic carbocycles. The Bertz CT molecular complexity index is 546. The maximum atomic E-state index is 12.0. The van der Waals surface area contributed by atoms with Gasteiger partial charge in [-0.1, -0.05) is 0 Å². The van der Waals surface area contributed by atoms with E-state index in [4.69, 9.17) is 10.00 Å². The van der Waals surface area contributed by atoms with Gasteiger partial charge in [0.25, 0.3) is 0 Å². The Kier molecular flexibility index (Phi) is 5.62. The van der Waals surface area contributed by atoms with Crippen LogP contribution in [0.3, 0.4) is 0 Å². The molecule has 8 heteroatoms. The van der Waals surface area contributed by atoms with Gasteiger partial charge in [0.1, 0.15) is 15.9 Å². The fraction of sp³-hybridized carbons (Fsp3) is 0.455. The maximum Gasteiger partial charge on any atom is 0.318 e. The number of rotatable bonds is 4. The lowest BCUT2D eigenvalue weighted by Crippen LogP contribution is -2.28. The van der Waals surface area contributed by atoms with Crippen molar-refractivity contribution >= 4 is 53.8 Å². The molecule has 1 aromatic rings. The minimum atomic E-state index is -0.901. The van der Waals surface area contributed by atoms with E-state index in [0.29, 0.717) is 13.7 Å². The van der Waals surface area contributed by atoms with Gasteiger partial charge in [-0.05, 0) is 61.6 Å². The first-order valence-electron chi connectivity index (χ1n) is 5.19. The Hall–Kier alpha value is -0.360. The predicted octanol–water partition coefficient (Wildman–Crippen LogP) is 3.57. The van der Waals surface area contributed by atoms with Gasteiger partial charge in [-0.2, -0.15) is 5.26 Å². The minimum Gasteiger partial charge on any atom is -0.422 e. The molecule has 1 heterocycles. The number of halogens is 3. The molecule has 104 valence electrons. The third-order valence-corrected chi connectivity index (χ3v) is 5.33. The molecule has 0 atom stereocenters. The Morgan fingerprint density at radius 2 is 2.00 bits per heavy atom. The number of carbonyl (C=O) groups is 1. The van der Waals surface area contributed by atoms with Crippen LogP contribution in [0.4, 0.5) is 0 Å². The first-order chi connectivity index (χ1) is 8.76. The molecular weight excluding hydrogens is 448 g/mol. The summed E-state index contributed by atoms with van der Waals surface area (Å²) in [4.78, 5) is 12.0. The molecule has 0 aromatic carbocycles. The lowest BCUT2D eigenvalue weighted by atomic mass is 9.90. The lowest BCUT2D eigenvalue weighted by molar-refractivity contribution is -0.143. The van der Waals surface area contributed by atoms with Gasteiger partial charge < -0.3 is 14.4 Å². The first kappa shape index (κ1) is 16.7. The second kappa shape index (κ2) is 6.39. The van der Waals surface area contributed by atoms with E-state index in [2.05, 4.69) is 47.8 Å². The summed E-state index contributed by atoms with van der Waals surface area (Å²) in [7, 11) is 0. The van der Waals surface area contributed by atoms with Crippen molar-refractivity contribution in [2.45, 2.75) is 27.0 Å². The van der Waals surface area contributed by atoms with E-state index in [9.17, 15) is 9.90 Å². The van der Waals surface area contributed by atoms with E-state index in [-0.39, 0.29) is 18.9 Å². The van der Waals surface area contributed by atoms with Crippen LogP contribution in [0.5, 0.6) is 5.75 Å². The van der Waals surface area contributed by atoms with Gasteiger partial charge in [-0.25, -0.2) is 0 Å². The molecule has 1 aromatic heterocycles. The Morgan fingerprint density at radius 3 is 2.42 bits per heavy atom. The molecule has 0 spiro atoms. The van der Waals surface area contributed by atoms with Gasteiger partial charge in [-0.15, -0.1) is 0 Å². The molecule has 0 saturated carbocycles. The largest absolute Gasteiger partial charge is 0.422 e. The monoisotopic (exact) mass is 456 g/mol. The van der Waals surface area contributed by atoms with E-state index < -0.39 is 11.4 Å². The van der Waals surface area contributed by atoms with Crippen LogP contribution in [0, 0.1) is 16.7 Å². The van der Waals surface area contributed by atoms with Crippen LogP contribution in [0.2, 0.25) is 0 Å². The third-order valence-electron chi connectivity index (χ3n) is 2.45. The highest BCUT2D eigenvalue weighted by atomic mass is 79.9. The van der Waals surface area contributed by atoms with E-state index in [1.165, 1.54) is 4.57 Å². The highest BCUT2D eigenvalue weighted by molar-refractivity contribution is 9.13. The van der Waals surface area contributed by atoms with Crippen molar-refractivity contribution in [3.05, 3.63) is 13.7 Å². The molecule has 1 N–H and O–H groups in total. The Morgan fingerprint density at radius 1 is 1.42 bits per heavy atom. The van der Waals surface area contributed by atoms with Crippen molar-refractivity contribution < 1.29 is 14.6 Å². The third kappa shape index (κ3) is 3.40. The molecule has 0 fully saturated rings. The number of nitrogens with zero attached hydrogens (tertiary/aromatic N) is 2. The predicted molar refractivity (Wildman–Crippen MR) is 79.4 cm³/mol. The number of esters is 1. The quantitative estimate of drug-likeness (QED) is 0.700. The lowest BCUT2D eigenvalue weighted by Gasteiger charge is -2.18.